The van der Waals surface area contributed by atoms with E-state index >= 15 is 0 Å². The van der Waals surface area contributed by atoms with Gasteiger partial charge in [-0.2, -0.15) is 0 Å². The predicted molar refractivity (Wildman–Crippen MR) is 40.9 cm³/mol. The summed E-state index contributed by atoms with van der Waals surface area (Å²) in [6.45, 7) is 7.58. The van der Waals surface area contributed by atoms with Gasteiger partial charge in [0.15, 0.2) is 12.6 Å². The van der Waals surface area contributed by atoms with Crippen LogP contribution in [0.25, 0.3) is 0 Å². The summed E-state index contributed by atoms with van der Waals surface area (Å²) in [7, 11) is 0. The lowest BCUT2D eigenvalue weighted by molar-refractivity contribution is -0.336. The number of hydrogen-bond acceptors (Lipinski definition) is 3. The summed E-state index contributed by atoms with van der Waals surface area (Å²) in [6.07, 6.45) is -0.990. The molecule has 0 spiro atoms. The van der Waals surface area contributed by atoms with E-state index in [1.807, 2.05) is 20.8 Å². The van der Waals surface area contributed by atoms with Crippen molar-refractivity contribution in [3.63, 3.8) is 0 Å². The van der Waals surface area contributed by atoms with Crippen LogP contribution in [-0.4, -0.2) is 23.8 Å². The fourth-order valence-electron chi connectivity index (χ4n) is 1.05. The van der Waals surface area contributed by atoms with Gasteiger partial charge in [-0.1, -0.05) is 13.8 Å². The Morgan fingerprint density at radius 2 is 1.73 bits per heavy atom. The minimum atomic E-state index is -0.721. The lowest BCUT2D eigenvalue weighted by Crippen LogP contribution is -2.49. The molecule has 3 nitrogen and oxygen atoms in total. The Labute approximate surface area is 67.3 Å². The van der Waals surface area contributed by atoms with E-state index in [0.717, 1.165) is 0 Å². The second-order valence-electron chi connectivity index (χ2n) is 3.66. The van der Waals surface area contributed by atoms with Crippen molar-refractivity contribution in [2.24, 2.45) is 5.41 Å². The van der Waals surface area contributed by atoms with Crippen molar-refractivity contribution in [1.82, 2.24) is 0 Å². The van der Waals surface area contributed by atoms with E-state index < -0.39 is 6.29 Å². The Balaban J connectivity index is 2.67. The summed E-state index contributed by atoms with van der Waals surface area (Å²) in [6, 6.07) is 0. The molecule has 0 aromatic carbocycles. The van der Waals surface area contributed by atoms with E-state index in [9.17, 15) is 5.11 Å². The molecular formula is C8H16O3. The van der Waals surface area contributed by atoms with Crippen LogP contribution >= 0.6 is 0 Å². The minimum absolute atomic E-state index is 0.0289. The highest BCUT2D eigenvalue weighted by Gasteiger charge is 2.41. The molecule has 3 unspecified atom stereocenters. The Morgan fingerprint density at radius 1 is 1.18 bits per heavy atom. The van der Waals surface area contributed by atoms with E-state index in [1.54, 1.807) is 6.92 Å². The molecule has 0 radical (unpaired) electrons. The van der Waals surface area contributed by atoms with Gasteiger partial charge in [-0.15, -0.1) is 0 Å². The maximum Gasteiger partial charge on any atom is 0.165 e. The molecule has 0 aromatic heterocycles. The van der Waals surface area contributed by atoms with Gasteiger partial charge >= 0.3 is 0 Å². The van der Waals surface area contributed by atoms with Crippen LogP contribution in [0.2, 0.25) is 0 Å². The van der Waals surface area contributed by atoms with Crippen LogP contribution in [0.15, 0.2) is 0 Å². The molecule has 1 heterocycles. The standard InChI is InChI=1S/C8H16O3/c1-5-8(3,4)7(9)11-6(2)10-5/h5-7,9H,1-4H3. The van der Waals surface area contributed by atoms with E-state index in [2.05, 4.69) is 0 Å². The first-order valence-electron chi connectivity index (χ1n) is 3.93. The van der Waals surface area contributed by atoms with Gasteiger partial charge in [0, 0.05) is 5.41 Å². The highest BCUT2D eigenvalue weighted by atomic mass is 16.7. The Kier molecular flexibility index (Phi) is 2.23. The average Bonchev–Trinajstić information content (AvgIpc) is 1.84. The van der Waals surface area contributed by atoms with Gasteiger partial charge in [0.05, 0.1) is 6.10 Å². The molecule has 0 bridgehead atoms. The molecule has 1 N–H and O–H groups in total. The zero-order valence-corrected chi connectivity index (χ0v) is 7.50. The molecule has 1 aliphatic heterocycles. The van der Waals surface area contributed by atoms with Gasteiger partial charge in [0.2, 0.25) is 0 Å². The molecule has 3 atom stereocenters. The Morgan fingerprint density at radius 3 is 2.18 bits per heavy atom. The summed E-state index contributed by atoms with van der Waals surface area (Å²) >= 11 is 0. The van der Waals surface area contributed by atoms with Gasteiger partial charge in [-0.05, 0) is 13.8 Å². The fraction of sp³-hybridized carbons (Fsp3) is 1.00. The zero-order valence-electron chi connectivity index (χ0n) is 7.50. The van der Waals surface area contributed by atoms with Crippen molar-refractivity contribution in [3.05, 3.63) is 0 Å². The first-order valence-corrected chi connectivity index (χ1v) is 3.93. The third kappa shape index (κ3) is 1.55. The monoisotopic (exact) mass is 160 g/mol. The van der Waals surface area contributed by atoms with Crippen LogP contribution in [0, 0.1) is 5.41 Å². The summed E-state index contributed by atoms with van der Waals surface area (Å²) in [4.78, 5) is 0. The molecule has 1 fully saturated rings. The van der Waals surface area contributed by atoms with Gasteiger partial charge in [-0.3, -0.25) is 0 Å². The van der Waals surface area contributed by atoms with Crippen molar-refractivity contribution in [2.75, 3.05) is 0 Å². The third-order valence-corrected chi connectivity index (χ3v) is 2.40. The van der Waals surface area contributed by atoms with Crippen LogP contribution in [0.5, 0.6) is 0 Å². The average molecular weight is 160 g/mol. The first-order chi connectivity index (χ1) is 4.94. The molecule has 1 aliphatic rings. The largest absolute Gasteiger partial charge is 0.367 e. The molecule has 1 rings (SSSR count). The number of hydrogen-bond donors (Lipinski definition) is 1. The van der Waals surface area contributed by atoms with Crippen LogP contribution in [-0.2, 0) is 9.47 Å². The molecule has 0 saturated carbocycles. The summed E-state index contributed by atoms with van der Waals surface area (Å²) in [5, 5.41) is 9.48. The van der Waals surface area contributed by atoms with Crippen molar-refractivity contribution in [2.45, 2.75) is 46.4 Å². The van der Waals surface area contributed by atoms with Gasteiger partial charge in [-0.25, -0.2) is 0 Å². The predicted octanol–water partition coefficient (Wildman–Crippen LogP) is 1.11. The Bertz CT molecular complexity index is 130. The fourth-order valence-corrected chi connectivity index (χ4v) is 1.05. The van der Waals surface area contributed by atoms with E-state index in [-0.39, 0.29) is 17.8 Å². The molecule has 66 valence electrons. The number of ether oxygens (including phenoxy) is 2. The summed E-state index contributed by atoms with van der Waals surface area (Å²) in [5.41, 5.74) is -0.313. The van der Waals surface area contributed by atoms with E-state index in [4.69, 9.17) is 9.47 Å². The lowest BCUT2D eigenvalue weighted by atomic mass is 9.86. The van der Waals surface area contributed by atoms with Crippen LogP contribution < -0.4 is 0 Å². The van der Waals surface area contributed by atoms with Crippen LogP contribution in [0.1, 0.15) is 27.7 Å². The molecule has 0 aliphatic carbocycles. The van der Waals surface area contributed by atoms with Gasteiger partial charge < -0.3 is 14.6 Å². The summed E-state index contributed by atoms with van der Waals surface area (Å²) < 4.78 is 10.5. The zero-order chi connectivity index (χ0) is 8.65. The van der Waals surface area contributed by atoms with Crippen molar-refractivity contribution < 1.29 is 14.6 Å². The highest BCUT2D eigenvalue weighted by Crippen LogP contribution is 2.33. The maximum absolute atomic E-state index is 9.48. The van der Waals surface area contributed by atoms with Gasteiger partial charge in [0.25, 0.3) is 0 Å². The smallest absolute Gasteiger partial charge is 0.165 e. The minimum Gasteiger partial charge on any atom is -0.367 e. The van der Waals surface area contributed by atoms with E-state index in [1.165, 1.54) is 0 Å². The van der Waals surface area contributed by atoms with Gasteiger partial charge in [0.1, 0.15) is 0 Å². The second kappa shape index (κ2) is 2.73. The third-order valence-electron chi connectivity index (χ3n) is 2.40. The quantitative estimate of drug-likeness (QED) is 0.577. The van der Waals surface area contributed by atoms with Crippen molar-refractivity contribution in [3.8, 4) is 0 Å². The second-order valence-corrected chi connectivity index (χ2v) is 3.66. The Hall–Kier alpha value is -0.120. The van der Waals surface area contributed by atoms with E-state index in [0.29, 0.717) is 0 Å². The SMILES string of the molecule is CC1OC(C)C(C)(C)C(O)O1. The normalized spacial score (nSPS) is 43.9. The van der Waals surface area contributed by atoms with Crippen molar-refractivity contribution in [1.29, 1.82) is 0 Å². The number of aliphatic hydroxyl groups excluding tert-OH is 1. The van der Waals surface area contributed by atoms with Crippen LogP contribution in [0.4, 0.5) is 0 Å². The molecular weight excluding hydrogens is 144 g/mol. The molecule has 0 aromatic rings. The number of aliphatic hydroxyl groups is 1. The highest BCUT2D eigenvalue weighted by molar-refractivity contribution is 4.81. The molecule has 11 heavy (non-hydrogen) atoms. The first kappa shape index (κ1) is 8.97. The lowest BCUT2D eigenvalue weighted by Gasteiger charge is -2.42. The molecule has 0 amide bonds. The number of rotatable bonds is 0. The van der Waals surface area contributed by atoms with Crippen molar-refractivity contribution >= 4 is 0 Å². The maximum atomic E-state index is 9.48. The molecule has 3 heteroatoms. The summed E-state index contributed by atoms with van der Waals surface area (Å²) in [5.74, 6) is 0. The molecule has 1 saturated heterocycles. The topological polar surface area (TPSA) is 38.7 Å². The van der Waals surface area contributed by atoms with Crippen LogP contribution in [0.3, 0.4) is 0 Å².